The van der Waals surface area contributed by atoms with E-state index in [-0.39, 0.29) is 5.69 Å². The lowest BCUT2D eigenvalue weighted by Crippen LogP contribution is -2.31. The molecule has 1 N–H and O–H groups in total. The molecule has 0 radical (unpaired) electrons. The van der Waals surface area contributed by atoms with Crippen molar-refractivity contribution in [2.24, 2.45) is 0 Å². The summed E-state index contributed by atoms with van der Waals surface area (Å²) in [5, 5.41) is 8.98. The number of likely N-dealkylation sites (tertiary alicyclic amines) is 1. The topological polar surface area (TPSA) is 66.3 Å². The molecule has 0 aromatic carbocycles. The van der Waals surface area contributed by atoms with Gasteiger partial charge in [-0.05, 0) is 39.4 Å². The Morgan fingerprint density at radius 2 is 2.29 bits per heavy atom. The summed E-state index contributed by atoms with van der Waals surface area (Å²) in [6, 6.07) is 1.61. The maximum absolute atomic E-state index is 11.0. The summed E-state index contributed by atoms with van der Waals surface area (Å²) in [6.45, 7) is 3.78. The van der Waals surface area contributed by atoms with Gasteiger partial charge in [0.15, 0.2) is 5.69 Å². The van der Waals surface area contributed by atoms with Crippen LogP contribution in [0.3, 0.4) is 0 Å². The summed E-state index contributed by atoms with van der Waals surface area (Å²) in [5.41, 5.74) is 0.960. The highest BCUT2D eigenvalue weighted by molar-refractivity contribution is 5.85. The van der Waals surface area contributed by atoms with E-state index in [0.29, 0.717) is 11.7 Å². The molecule has 0 unspecified atom stereocenters. The molecule has 1 saturated heterocycles. The molecule has 1 atom stereocenters. The lowest BCUT2D eigenvalue weighted by molar-refractivity contribution is 0.0689. The number of aryl methyl sites for hydroxylation is 1. The molecule has 5 nitrogen and oxygen atoms in total. The van der Waals surface area contributed by atoms with E-state index in [1.54, 1.807) is 13.0 Å². The lowest BCUT2D eigenvalue weighted by atomic mass is 9.94. The smallest absolute Gasteiger partial charge is 0.354 e. The summed E-state index contributed by atoms with van der Waals surface area (Å²) in [4.78, 5) is 21.5. The monoisotopic (exact) mass is 235 g/mol. The first kappa shape index (κ1) is 12.0. The van der Waals surface area contributed by atoms with Gasteiger partial charge < -0.3 is 10.0 Å². The highest BCUT2D eigenvalue weighted by Crippen LogP contribution is 2.25. The molecule has 2 heterocycles. The van der Waals surface area contributed by atoms with Gasteiger partial charge in [-0.25, -0.2) is 14.8 Å². The number of aromatic carboxylic acids is 1. The summed E-state index contributed by atoms with van der Waals surface area (Å²) in [7, 11) is 2.08. The lowest BCUT2D eigenvalue weighted by Gasteiger charge is -2.29. The summed E-state index contributed by atoms with van der Waals surface area (Å²) >= 11 is 0. The Labute approximate surface area is 100 Å². The molecule has 0 spiro atoms. The van der Waals surface area contributed by atoms with Gasteiger partial charge in [-0.15, -0.1) is 0 Å². The third-order valence-corrected chi connectivity index (χ3v) is 3.12. The average Bonchev–Trinajstić information content (AvgIpc) is 2.28. The van der Waals surface area contributed by atoms with Crippen molar-refractivity contribution < 1.29 is 9.90 Å². The van der Waals surface area contributed by atoms with Crippen LogP contribution in [0.1, 0.15) is 40.8 Å². The Kier molecular flexibility index (Phi) is 3.38. The first-order valence-electron chi connectivity index (χ1n) is 5.83. The number of hydrogen-bond acceptors (Lipinski definition) is 4. The maximum Gasteiger partial charge on any atom is 0.354 e. The highest BCUT2D eigenvalue weighted by Gasteiger charge is 2.21. The van der Waals surface area contributed by atoms with Crippen molar-refractivity contribution in [3.05, 3.63) is 23.3 Å². The van der Waals surface area contributed by atoms with E-state index < -0.39 is 5.97 Å². The van der Waals surface area contributed by atoms with E-state index >= 15 is 0 Å². The van der Waals surface area contributed by atoms with Gasteiger partial charge in [0.25, 0.3) is 0 Å². The van der Waals surface area contributed by atoms with Crippen LogP contribution in [0.2, 0.25) is 0 Å². The van der Waals surface area contributed by atoms with Crippen LogP contribution in [0.5, 0.6) is 0 Å². The minimum Gasteiger partial charge on any atom is -0.477 e. The van der Waals surface area contributed by atoms with Crippen LogP contribution in [0, 0.1) is 6.92 Å². The second-order valence-electron chi connectivity index (χ2n) is 4.63. The maximum atomic E-state index is 11.0. The Morgan fingerprint density at radius 3 is 2.94 bits per heavy atom. The number of rotatable bonds is 2. The molecule has 1 aromatic heterocycles. The second kappa shape index (κ2) is 4.79. The van der Waals surface area contributed by atoms with Crippen molar-refractivity contribution in [1.29, 1.82) is 0 Å². The molecular weight excluding hydrogens is 218 g/mol. The van der Waals surface area contributed by atoms with Gasteiger partial charge in [-0.2, -0.15) is 0 Å². The number of carboxylic acids is 1. The first-order valence-corrected chi connectivity index (χ1v) is 5.83. The summed E-state index contributed by atoms with van der Waals surface area (Å²) in [5.74, 6) is -0.123. The SMILES string of the molecule is Cc1nc(C(=O)O)cc([C@@H]2CCCN(C)C2)n1. The molecule has 1 aliphatic rings. The van der Waals surface area contributed by atoms with Gasteiger partial charge in [-0.1, -0.05) is 0 Å². The molecular formula is C12H17N3O2. The van der Waals surface area contributed by atoms with Crippen LogP contribution >= 0.6 is 0 Å². The van der Waals surface area contributed by atoms with E-state index in [1.165, 1.54) is 0 Å². The molecule has 5 heteroatoms. The van der Waals surface area contributed by atoms with Crippen molar-refractivity contribution in [2.45, 2.75) is 25.7 Å². The number of aromatic nitrogens is 2. The molecule has 1 fully saturated rings. The number of piperidine rings is 1. The van der Waals surface area contributed by atoms with Crippen LogP contribution in [-0.4, -0.2) is 46.1 Å². The number of carbonyl (C=O) groups is 1. The van der Waals surface area contributed by atoms with E-state index in [2.05, 4.69) is 21.9 Å². The molecule has 0 aliphatic carbocycles. The van der Waals surface area contributed by atoms with Crippen LogP contribution in [-0.2, 0) is 0 Å². The van der Waals surface area contributed by atoms with Gasteiger partial charge in [0.1, 0.15) is 5.82 Å². The first-order chi connectivity index (χ1) is 8.06. The van der Waals surface area contributed by atoms with Crippen molar-refractivity contribution >= 4 is 5.97 Å². The molecule has 17 heavy (non-hydrogen) atoms. The van der Waals surface area contributed by atoms with Gasteiger partial charge in [0.2, 0.25) is 0 Å². The molecule has 92 valence electrons. The van der Waals surface area contributed by atoms with E-state index in [1.807, 2.05) is 0 Å². The van der Waals surface area contributed by atoms with Gasteiger partial charge in [0, 0.05) is 18.2 Å². The molecule has 0 saturated carbocycles. The van der Waals surface area contributed by atoms with E-state index in [4.69, 9.17) is 5.11 Å². The van der Waals surface area contributed by atoms with Crippen molar-refractivity contribution in [3.63, 3.8) is 0 Å². The molecule has 1 aromatic rings. The second-order valence-corrected chi connectivity index (χ2v) is 4.63. The Balaban J connectivity index is 2.28. The number of carboxylic acid groups (broad SMARTS) is 1. The zero-order valence-corrected chi connectivity index (χ0v) is 10.2. The fourth-order valence-corrected chi connectivity index (χ4v) is 2.32. The predicted octanol–water partition coefficient (Wildman–Crippen LogP) is 1.29. The minimum absolute atomic E-state index is 0.0979. The highest BCUT2D eigenvalue weighted by atomic mass is 16.4. The normalized spacial score (nSPS) is 21.4. The fourth-order valence-electron chi connectivity index (χ4n) is 2.32. The Bertz CT molecular complexity index is 434. The quantitative estimate of drug-likeness (QED) is 0.836. The Hall–Kier alpha value is -1.49. The standard InChI is InChI=1S/C12H17N3O2/c1-8-13-10(6-11(14-8)12(16)17)9-4-3-5-15(2)7-9/h6,9H,3-5,7H2,1-2H3,(H,16,17)/t9-/m1/s1. The van der Waals surface area contributed by atoms with Crippen molar-refractivity contribution in [2.75, 3.05) is 20.1 Å². The van der Waals surface area contributed by atoms with E-state index in [0.717, 1.165) is 31.6 Å². The van der Waals surface area contributed by atoms with Gasteiger partial charge in [0.05, 0.1) is 0 Å². The van der Waals surface area contributed by atoms with E-state index in [9.17, 15) is 4.79 Å². The fraction of sp³-hybridized carbons (Fsp3) is 0.583. The molecule has 2 rings (SSSR count). The molecule has 0 amide bonds. The third-order valence-electron chi connectivity index (χ3n) is 3.12. The number of hydrogen-bond donors (Lipinski definition) is 1. The van der Waals surface area contributed by atoms with Gasteiger partial charge >= 0.3 is 5.97 Å². The van der Waals surface area contributed by atoms with Crippen molar-refractivity contribution in [3.8, 4) is 0 Å². The van der Waals surface area contributed by atoms with Crippen LogP contribution < -0.4 is 0 Å². The summed E-state index contributed by atoms with van der Waals surface area (Å²) < 4.78 is 0. The molecule has 1 aliphatic heterocycles. The average molecular weight is 235 g/mol. The number of likely N-dealkylation sites (N-methyl/N-ethyl adjacent to an activating group) is 1. The zero-order valence-electron chi connectivity index (χ0n) is 10.2. The number of nitrogens with zero attached hydrogens (tertiary/aromatic N) is 3. The Morgan fingerprint density at radius 1 is 1.53 bits per heavy atom. The third kappa shape index (κ3) is 2.79. The zero-order chi connectivity index (χ0) is 12.4. The summed E-state index contributed by atoms with van der Waals surface area (Å²) in [6.07, 6.45) is 2.20. The van der Waals surface area contributed by atoms with Gasteiger partial charge in [-0.3, -0.25) is 0 Å². The molecule has 0 bridgehead atoms. The predicted molar refractivity (Wildman–Crippen MR) is 63.2 cm³/mol. The minimum atomic E-state index is -0.985. The van der Waals surface area contributed by atoms with Crippen LogP contribution in [0.4, 0.5) is 0 Å². The van der Waals surface area contributed by atoms with Crippen LogP contribution in [0.15, 0.2) is 6.07 Å². The van der Waals surface area contributed by atoms with Crippen LogP contribution in [0.25, 0.3) is 0 Å². The largest absolute Gasteiger partial charge is 0.477 e. The van der Waals surface area contributed by atoms with Crippen molar-refractivity contribution in [1.82, 2.24) is 14.9 Å².